The predicted octanol–water partition coefficient (Wildman–Crippen LogP) is 3.30. The first kappa shape index (κ1) is 22.0. The maximum Gasteiger partial charge on any atom is 0.254 e. The molecule has 3 rings (SSSR count). The number of sulfonamides is 1. The molecule has 0 bridgehead atoms. The van der Waals surface area contributed by atoms with E-state index in [0.29, 0.717) is 5.01 Å². The molecule has 30 heavy (non-hydrogen) atoms. The van der Waals surface area contributed by atoms with Gasteiger partial charge in [0.1, 0.15) is 10.8 Å². The zero-order valence-corrected chi connectivity index (χ0v) is 18.1. The number of carbonyl (C=O) groups is 1. The topological polar surface area (TPSA) is 92.3 Å². The molecule has 0 saturated heterocycles. The number of amides is 1. The summed E-state index contributed by atoms with van der Waals surface area (Å²) in [5, 5.41) is 5.10. The lowest BCUT2D eigenvalue weighted by Crippen LogP contribution is -2.31. The Hall–Kier alpha value is -2.69. The van der Waals surface area contributed by atoms with Gasteiger partial charge in [-0.25, -0.2) is 17.8 Å². The van der Waals surface area contributed by atoms with Crippen LogP contribution in [0.1, 0.15) is 29.2 Å². The summed E-state index contributed by atoms with van der Waals surface area (Å²) in [5.74, 6) is -1.49. The van der Waals surface area contributed by atoms with E-state index < -0.39 is 21.7 Å². The minimum absolute atomic E-state index is 0.0983. The Morgan fingerprint density at radius 1 is 1.17 bits per heavy atom. The molecule has 1 N–H and O–H groups in total. The Labute approximate surface area is 178 Å². The molecule has 3 aromatic rings. The molecule has 2 aromatic heterocycles. The highest BCUT2D eigenvalue weighted by atomic mass is 32.2. The lowest BCUT2D eigenvalue weighted by Gasteiger charge is -2.18. The van der Waals surface area contributed by atoms with Gasteiger partial charge in [0.15, 0.2) is 0 Å². The minimum Gasteiger partial charge on any atom is -0.345 e. The van der Waals surface area contributed by atoms with Crippen LogP contribution in [-0.4, -0.2) is 41.7 Å². The summed E-state index contributed by atoms with van der Waals surface area (Å²) in [6.45, 7) is 4.09. The zero-order valence-electron chi connectivity index (χ0n) is 16.5. The van der Waals surface area contributed by atoms with Crippen LogP contribution in [-0.2, 0) is 16.6 Å². The molecule has 0 saturated carbocycles. The highest BCUT2D eigenvalue weighted by Crippen LogP contribution is 2.22. The van der Waals surface area contributed by atoms with Crippen LogP contribution in [0.3, 0.4) is 0 Å². The summed E-state index contributed by atoms with van der Waals surface area (Å²) in [4.78, 5) is 20.8. The lowest BCUT2D eigenvalue weighted by molar-refractivity contribution is 0.0946. The van der Waals surface area contributed by atoms with Crippen molar-refractivity contribution in [3.63, 3.8) is 0 Å². The number of thiazole rings is 1. The number of nitrogens with one attached hydrogen (secondary N) is 1. The van der Waals surface area contributed by atoms with E-state index in [1.807, 2.05) is 17.5 Å². The fraction of sp³-hybridized carbons (Fsp3) is 0.250. The van der Waals surface area contributed by atoms with Gasteiger partial charge in [0.2, 0.25) is 10.0 Å². The van der Waals surface area contributed by atoms with Crippen LogP contribution in [0.5, 0.6) is 0 Å². The van der Waals surface area contributed by atoms with Gasteiger partial charge in [-0.2, -0.15) is 4.31 Å². The van der Waals surface area contributed by atoms with Gasteiger partial charge in [-0.15, -0.1) is 11.3 Å². The standard InChI is InChI=1S/C20H21FN4O3S2/c1-3-25(4-2)30(27,28)15-5-6-17(21)16(11-15)20(26)23-12-19-24-18(13-29-19)14-7-9-22-10-8-14/h5-11,13H,3-4,12H2,1-2H3,(H,23,26). The van der Waals surface area contributed by atoms with Crippen LogP contribution < -0.4 is 5.32 Å². The Bertz CT molecular complexity index is 1130. The summed E-state index contributed by atoms with van der Waals surface area (Å²) < 4.78 is 40.8. The Balaban J connectivity index is 1.75. The normalized spacial score (nSPS) is 11.6. The number of pyridine rings is 1. The fourth-order valence-corrected chi connectivity index (χ4v) is 5.08. The van der Waals surface area contributed by atoms with Crippen molar-refractivity contribution in [2.75, 3.05) is 13.1 Å². The number of halogens is 1. The van der Waals surface area contributed by atoms with E-state index in [-0.39, 0.29) is 30.1 Å². The van der Waals surface area contributed by atoms with Crippen LogP contribution in [0.25, 0.3) is 11.3 Å². The van der Waals surface area contributed by atoms with Crippen molar-refractivity contribution >= 4 is 27.3 Å². The summed E-state index contributed by atoms with van der Waals surface area (Å²) in [6, 6.07) is 6.89. The largest absolute Gasteiger partial charge is 0.345 e. The van der Waals surface area contributed by atoms with Gasteiger partial charge in [0, 0.05) is 36.4 Å². The van der Waals surface area contributed by atoms with Crippen molar-refractivity contribution in [2.45, 2.75) is 25.3 Å². The van der Waals surface area contributed by atoms with Gasteiger partial charge >= 0.3 is 0 Å². The molecule has 10 heteroatoms. The average molecular weight is 449 g/mol. The van der Waals surface area contributed by atoms with Crippen molar-refractivity contribution in [1.82, 2.24) is 19.6 Å². The van der Waals surface area contributed by atoms with Crippen LogP contribution >= 0.6 is 11.3 Å². The fourth-order valence-electron chi connectivity index (χ4n) is 2.85. The highest BCUT2D eigenvalue weighted by Gasteiger charge is 2.24. The lowest BCUT2D eigenvalue weighted by atomic mass is 10.2. The average Bonchev–Trinajstić information content (AvgIpc) is 3.22. The van der Waals surface area contributed by atoms with Gasteiger partial charge in [-0.3, -0.25) is 9.78 Å². The van der Waals surface area contributed by atoms with E-state index in [1.54, 1.807) is 26.2 Å². The maximum atomic E-state index is 14.2. The molecule has 0 spiro atoms. The maximum absolute atomic E-state index is 14.2. The van der Waals surface area contributed by atoms with Gasteiger partial charge in [-0.1, -0.05) is 13.8 Å². The molecular weight excluding hydrogens is 427 g/mol. The quantitative estimate of drug-likeness (QED) is 0.571. The number of carbonyl (C=O) groups excluding carboxylic acids is 1. The number of nitrogens with zero attached hydrogens (tertiary/aromatic N) is 3. The number of benzene rings is 1. The molecule has 0 aliphatic heterocycles. The van der Waals surface area contributed by atoms with Crippen molar-refractivity contribution in [3.05, 3.63) is 64.5 Å². The Morgan fingerprint density at radius 3 is 2.53 bits per heavy atom. The molecule has 1 amide bonds. The predicted molar refractivity (Wildman–Crippen MR) is 113 cm³/mol. The molecule has 0 aliphatic carbocycles. The molecule has 0 unspecified atom stereocenters. The molecular formula is C20H21FN4O3S2. The van der Waals surface area contributed by atoms with Crippen molar-refractivity contribution < 1.29 is 17.6 Å². The summed E-state index contributed by atoms with van der Waals surface area (Å²) in [7, 11) is -3.80. The molecule has 0 atom stereocenters. The monoisotopic (exact) mass is 448 g/mol. The molecule has 2 heterocycles. The van der Waals surface area contributed by atoms with E-state index in [1.165, 1.54) is 21.7 Å². The van der Waals surface area contributed by atoms with Crippen molar-refractivity contribution in [2.24, 2.45) is 0 Å². The molecule has 0 radical (unpaired) electrons. The van der Waals surface area contributed by atoms with Crippen LogP contribution in [0.4, 0.5) is 4.39 Å². The molecule has 1 aromatic carbocycles. The smallest absolute Gasteiger partial charge is 0.254 e. The van der Waals surface area contributed by atoms with Gasteiger partial charge in [0.05, 0.1) is 22.7 Å². The first-order valence-electron chi connectivity index (χ1n) is 9.29. The van der Waals surface area contributed by atoms with Gasteiger partial charge < -0.3 is 5.32 Å². The van der Waals surface area contributed by atoms with E-state index in [4.69, 9.17) is 0 Å². The summed E-state index contributed by atoms with van der Waals surface area (Å²) in [6.07, 6.45) is 3.33. The minimum atomic E-state index is -3.80. The number of aromatic nitrogens is 2. The SMILES string of the molecule is CCN(CC)S(=O)(=O)c1ccc(F)c(C(=O)NCc2nc(-c3ccncc3)cs2)c1. The van der Waals surface area contributed by atoms with E-state index >= 15 is 0 Å². The molecule has 0 aliphatic rings. The Kier molecular flexibility index (Phi) is 6.91. The van der Waals surface area contributed by atoms with Crippen LogP contribution in [0.2, 0.25) is 0 Å². The second-order valence-corrected chi connectivity index (χ2v) is 9.16. The van der Waals surface area contributed by atoms with Crippen LogP contribution in [0, 0.1) is 5.82 Å². The summed E-state index contributed by atoms with van der Waals surface area (Å²) >= 11 is 1.36. The van der Waals surface area contributed by atoms with E-state index in [2.05, 4.69) is 15.3 Å². The third-order valence-corrected chi connectivity index (χ3v) is 7.35. The van der Waals surface area contributed by atoms with Gasteiger partial charge in [-0.05, 0) is 30.3 Å². The Morgan fingerprint density at radius 2 is 1.87 bits per heavy atom. The van der Waals surface area contributed by atoms with E-state index in [0.717, 1.165) is 23.4 Å². The van der Waals surface area contributed by atoms with Crippen molar-refractivity contribution in [3.8, 4) is 11.3 Å². The van der Waals surface area contributed by atoms with Crippen LogP contribution in [0.15, 0.2) is 53.0 Å². The molecule has 7 nitrogen and oxygen atoms in total. The first-order chi connectivity index (χ1) is 14.4. The molecule has 0 fully saturated rings. The van der Waals surface area contributed by atoms with Gasteiger partial charge in [0.25, 0.3) is 5.91 Å². The zero-order chi connectivity index (χ0) is 21.7. The third kappa shape index (κ3) is 4.72. The molecule has 158 valence electrons. The second kappa shape index (κ2) is 9.41. The second-order valence-electron chi connectivity index (χ2n) is 6.28. The summed E-state index contributed by atoms with van der Waals surface area (Å²) in [5.41, 5.74) is 1.33. The first-order valence-corrected chi connectivity index (χ1v) is 11.6. The number of hydrogen-bond donors (Lipinski definition) is 1. The number of hydrogen-bond acceptors (Lipinski definition) is 6. The third-order valence-electron chi connectivity index (χ3n) is 4.45. The van der Waals surface area contributed by atoms with E-state index in [9.17, 15) is 17.6 Å². The number of rotatable bonds is 8. The van der Waals surface area contributed by atoms with Crippen molar-refractivity contribution in [1.29, 1.82) is 0 Å². The highest BCUT2D eigenvalue weighted by molar-refractivity contribution is 7.89.